The van der Waals surface area contributed by atoms with Crippen LogP contribution in [0.25, 0.3) is 0 Å². The first-order valence-electron chi connectivity index (χ1n) is 4.07. The van der Waals surface area contributed by atoms with Gasteiger partial charge in [0.2, 0.25) is 0 Å². The van der Waals surface area contributed by atoms with E-state index in [4.69, 9.17) is 0 Å². The van der Waals surface area contributed by atoms with Crippen LogP contribution in [-0.2, 0) is 16.1 Å². The first kappa shape index (κ1) is 11.0. The fraction of sp³-hybridized carbons (Fsp3) is 0.333. The molecule has 14 heavy (non-hydrogen) atoms. The van der Waals surface area contributed by atoms with Gasteiger partial charge in [0.05, 0.1) is 18.0 Å². The number of hydrogen-bond donors (Lipinski definition) is 0. The van der Waals surface area contributed by atoms with E-state index in [0.29, 0.717) is 11.0 Å². The number of hydrogen-bond acceptors (Lipinski definition) is 3. The van der Waals surface area contributed by atoms with Crippen molar-refractivity contribution in [2.24, 2.45) is 0 Å². The molecule has 0 N–H and O–H groups in total. The average molecular weight is 260 g/mol. The predicted octanol–water partition coefficient (Wildman–Crippen LogP) is 1.17. The van der Waals surface area contributed by atoms with Crippen LogP contribution in [0, 0.1) is 0 Å². The van der Waals surface area contributed by atoms with Crippen molar-refractivity contribution < 1.29 is 9.53 Å². The number of rotatable bonds is 3. The molecule has 4 nitrogen and oxygen atoms in total. The van der Waals surface area contributed by atoms with E-state index < -0.39 is 0 Å². The van der Waals surface area contributed by atoms with E-state index in [-0.39, 0.29) is 17.9 Å². The molecule has 5 heteroatoms. The topological polar surface area (TPSA) is 48.3 Å². The quantitative estimate of drug-likeness (QED) is 0.766. The van der Waals surface area contributed by atoms with Crippen LogP contribution in [0.1, 0.15) is 6.42 Å². The molecule has 0 aliphatic carbocycles. The minimum Gasteiger partial charge on any atom is -0.469 e. The third kappa shape index (κ3) is 2.70. The van der Waals surface area contributed by atoms with Gasteiger partial charge in [0.25, 0.3) is 5.56 Å². The second-order valence-electron chi connectivity index (χ2n) is 2.68. The van der Waals surface area contributed by atoms with Crippen LogP contribution < -0.4 is 5.56 Å². The summed E-state index contributed by atoms with van der Waals surface area (Å²) >= 11 is 3.12. The fourth-order valence-corrected chi connectivity index (χ4v) is 1.38. The summed E-state index contributed by atoms with van der Waals surface area (Å²) in [5, 5.41) is 0. The molecule has 0 saturated carbocycles. The van der Waals surface area contributed by atoms with Crippen molar-refractivity contribution in [3.8, 4) is 0 Å². The molecule has 0 spiro atoms. The van der Waals surface area contributed by atoms with E-state index in [1.54, 1.807) is 18.3 Å². The highest BCUT2D eigenvalue weighted by molar-refractivity contribution is 9.10. The van der Waals surface area contributed by atoms with Gasteiger partial charge in [-0.05, 0) is 28.1 Å². The van der Waals surface area contributed by atoms with Crippen molar-refractivity contribution in [2.45, 2.75) is 13.0 Å². The Labute approximate surface area is 89.6 Å². The molecule has 0 unspecified atom stereocenters. The maximum Gasteiger partial charge on any atom is 0.307 e. The Morgan fingerprint density at radius 1 is 1.64 bits per heavy atom. The van der Waals surface area contributed by atoms with Crippen LogP contribution in [0.2, 0.25) is 0 Å². The molecule has 0 aliphatic heterocycles. The van der Waals surface area contributed by atoms with E-state index >= 15 is 0 Å². The lowest BCUT2D eigenvalue weighted by molar-refractivity contribution is -0.140. The predicted molar refractivity (Wildman–Crippen MR) is 55.0 cm³/mol. The van der Waals surface area contributed by atoms with Crippen LogP contribution in [-0.4, -0.2) is 17.6 Å². The minimum atomic E-state index is -0.322. The molecule has 0 saturated heterocycles. The van der Waals surface area contributed by atoms with Gasteiger partial charge >= 0.3 is 5.97 Å². The highest BCUT2D eigenvalue weighted by Crippen LogP contribution is 2.01. The minimum absolute atomic E-state index is 0.142. The number of pyridine rings is 1. The van der Waals surface area contributed by atoms with E-state index in [1.807, 2.05) is 0 Å². The van der Waals surface area contributed by atoms with Gasteiger partial charge in [-0.3, -0.25) is 9.59 Å². The number of esters is 1. The molecule has 0 radical (unpaired) electrons. The van der Waals surface area contributed by atoms with E-state index in [2.05, 4.69) is 20.7 Å². The van der Waals surface area contributed by atoms with Gasteiger partial charge in [-0.2, -0.15) is 0 Å². The number of methoxy groups -OCH3 is 1. The molecule has 0 bridgehead atoms. The van der Waals surface area contributed by atoms with Crippen molar-refractivity contribution in [1.82, 2.24) is 4.57 Å². The molecule has 1 aromatic rings. The SMILES string of the molecule is COC(=O)CCn1cccc(Br)c1=O. The third-order valence-corrected chi connectivity index (χ3v) is 2.36. The Morgan fingerprint density at radius 3 is 3.00 bits per heavy atom. The van der Waals surface area contributed by atoms with Crippen LogP contribution in [0.5, 0.6) is 0 Å². The number of carbonyl (C=O) groups is 1. The second-order valence-corrected chi connectivity index (χ2v) is 3.54. The van der Waals surface area contributed by atoms with Crippen LogP contribution >= 0.6 is 15.9 Å². The van der Waals surface area contributed by atoms with E-state index in [0.717, 1.165) is 0 Å². The zero-order chi connectivity index (χ0) is 10.6. The van der Waals surface area contributed by atoms with Gasteiger partial charge in [-0.15, -0.1) is 0 Å². The molecule has 0 atom stereocenters. The molecular weight excluding hydrogens is 250 g/mol. The lowest BCUT2D eigenvalue weighted by Crippen LogP contribution is -2.21. The Kier molecular flexibility index (Phi) is 3.88. The number of ether oxygens (including phenoxy) is 1. The normalized spacial score (nSPS) is 9.86. The van der Waals surface area contributed by atoms with Crippen molar-refractivity contribution >= 4 is 21.9 Å². The Morgan fingerprint density at radius 2 is 2.36 bits per heavy atom. The molecular formula is C9H10BrNO3. The molecule has 0 aliphatic rings. The van der Waals surface area contributed by atoms with Gasteiger partial charge in [0.1, 0.15) is 0 Å². The van der Waals surface area contributed by atoms with Crippen LogP contribution in [0.3, 0.4) is 0 Å². The smallest absolute Gasteiger partial charge is 0.307 e. The Bertz CT molecular complexity index is 386. The van der Waals surface area contributed by atoms with Gasteiger partial charge in [-0.25, -0.2) is 0 Å². The Hall–Kier alpha value is -1.10. The number of halogens is 1. The van der Waals surface area contributed by atoms with E-state index in [1.165, 1.54) is 11.7 Å². The first-order chi connectivity index (χ1) is 6.65. The highest BCUT2D eigenvalue weighted by Gasteiger charge is 2.03. The monoisotopic (exact) mass is 259 g/mol. The van der Waals surface area contributed by atoms with Crippen LogP contribution in [0.15, 0.2) is 27.6 Å². The van der Waals surface area contributed by atoms with E-state index in [9.17, 15) is 9.59 Å². The van der Waals surface area contributed by atoms with Crippen molar-refractivity contribution in [3.63, 3.8) is 0 Å². The molecule has 1 aromatic heterocycles. The van der Waals surface area contributed by atoms with Crippen molar-refractivity contribution in [1.29, 1.82) is 0 Å². The first-order valence-corrected chi connectivity index (χ1v) is 4.86. The van der Waals surface area contributed by atoms with Crippen LogP contribution in [0.4, 0.5) is 0 Å². The van der Waals surface area contributed by atoms with Gasteiger partial charge in [0.15, 0.2) is 0 Å². The zero-order valence-electron chi connectivity index (χ0n) is 7.70. The summed E-state index contributed by atoms with van der Waals surface area (Å²) in [5.41, 5.74) is -0.142. The maximum absolute atomic E-state index is 11.4. The molecule has 0 amide bonds. The largest absolute Gasteiger partial charge is 0.469 e. The second kappa shape index (κ2) is 4.95. The number of aryl methyl sites for hydroxylation is 1. The molecule has 76 valence electrons. The summed E-state index contributed by atoms with van der Waals surface area (Å²) in [4.78, 5) is 22.3. The summed E-state index contributed by atoms with van der Waals surface area (Å²) in [6.45, 7) is 0.338. The summed E-state index contributed by atoms with van der Waals surface area (Å²) in [5.74, 6) is -0.322. The Balaban J connectivity index is 2.73. The summed E-state index contributed by atoms with van der Waals surface area (Å²) in [7, 11) is 1.33. The number of nitrogens with zero attached hydrogens (tertiary/aromatic N) is 1. The molecule has 0 fully saturated rings. The summed E-state index contributed by atoms with van der Waals surface area (Å²) < 4.78 is 6.43. The fourth-order valence-electron chi connectivity index (χ4n) is 0.997. The average Bonchev–Trinajstić information content (AvgIpc) is 2.20. The maximum atomic E-state index is 11.4. The van der Waals surface area contributed by atoms with Crippen molar-refractivity contribution in [3.05, 3.63) is 33.2 Å². The lowest BCUT2D eigenvalue weighted by Gasteiger charge is -2.04. The highest BCUT2D eigenvalue weighted by atomic mass is 79.9. The summed E-state index contributed by atoms with van der Waals surface area (Å²) in [6, 6.07) is 3.40. The standard InChI is InChI=1S/C9H10BrNO3/c1-14-8(12)4-6-11-5-2-3-7(10)9(11)13/h2-3,5H,4,6H2,1H3. The molecule has 1 heterocycles. The third-order valence-electron chi connectivity index (χ3n) is 1.76. The zero-order valence-corrected chi connectivity index (χ0v) is 9.28. The van der Waals surface area contributed by atoms with Gasteiger partial charge in [0, 0.05) is 12.7 Å². The molecule has 0 aromatic carbocycles. The van der Waals surface area contributed by atoms with Gasteiger partial charge < -0.3 is 9.30 Å². The summed E-state index contributed by atoms with van der Waals surface area (Å²) in [6.07, 6.45) is 1.84. The molecule has 1 rings (SSSR count). The number of carbonyl (C=O) groups excluding carboxylic acids is 1. The lowest BCUT2D eigenvalue weighted by atomic mass is 10.4. The number of aromatic nitrogens is 1. The van der Waals surface area contributed by atoms with Gasteiger partial charge in [-0.1, -0.05) is 0 Å². The van der Waals surface area contributed by atoms with Crippen molar-refractivity contribution in [2.75, 3.05) is 7.11 Å².